The average Bonchev–Trinajstić information content (AvgIpc) is 3.34. The molecule has 3 N–H and O–H groups in total. The molecule has 1 aromatic heterocycles. The highest BCUT2D eigenvalue weighted by Gasteiger charge is 2.30. The lowest BCUT2D eigenvalue weighted by molar-refractivity contribution is -0.126. The van der Waals surface area contributed by atoms with Gasteiger partial charge in [-0.05, 0) is 74.8 Å². The predicted octanol–water partition coefficient (Wildman–Crippen LogP) is 4.77. The highest BCUT2D eigenvalue weighted by molar-refractivity contribution is 5.79. The molecule has 36 heavy (non-hydrogen) atoms. The number of aryl methyl sites for hydroxylation is 1. The van der Waals surface area contributed by atoms with Gasteiger partial charge in [0.15, 0.2) is 0 Å². The number of hydrogen-bond donors (Lipinski definition) is 3. The Bertz CT molecular complexity index is 1190. The SMILES string of the molecule is Cc1ccc(CNC(=O)C2CCN(C(=O)NC3CCC(c4nc5ccccc5[nH]4)CC3)CC2)cc1F. The van der Waals surface area contributed by atoms with Gasteiger partial charge >= 0.3 is 6.03 Å². The van der Waals surface area contributed by atoms with Crippen molar-refractivity contribution in [3.05, 3.63) is 65.2 Å². The van der Waals surface area contributed by atoms with Crippen molar-refractivity contribution in [3.8, 4) is 0 Å². The molecule has 0 bridgehead atoms. The van der Waals surface area contributed by atoms with Crippen molar-refractivity contribution in [2.45, 2.75) is 64.0 Å². The number of rotatable bonds is 5. The quantitative estimate of drug-likeness (QED) is 0.480. The molecule has 0 atom stereocenters. The summed E-state index contributed by atoms with van der Waals surface area (Å²) in [7, 11) is 0. The van der Waals surface area contributed by atoms with E-state index < -0.39 is 0 Å². The minimum Gasteiger partial charge on any atom is -0.352 e. The highest BCUT2D eigenvalue weighted by atomic mass is 19.1. The monoisotopic (exact) mass is 491 g/mol. The van der Waals surface area contributed by atoms with E-state index in [4.69, 9.17) is 4.98 Å². The number of nitrogens with zero attached hydrogens (tertiary/aromatic N) is 2. The van der Waals surface area contributed by atoms with E-state index >= 15 is 0 Å². The van der Waals surface area contributed by atoms with E-state index in [1.165, 1.54) is 6.07 Å². The van der Waals surface area contributed by atoms with Crippen LogP contribution in [0.25, 0.3) is 11.0 Å². The van der Waals surface area contributed by atoms with Gasteiger partial charge in [0.05, 0.1) is 11.0 Å². The van der Waals surface area contributed by atoms with E-state index in [0.29, 0.717) is 44.0 Å². The fraction of sp³-hybridized carbons (Fsp3) is 0.464. The van der Waals surface area contributed by atoms with Gasteiger partial charge in [-0.25, -0.2) is 14.2 Å². The molecule has 1 saturated heterocycles. The first-order chi connectivity index (χ1) is 17.5. The number of urea groups is 1. The number of carbonyl (C=O) groups is 2. The topological polar surface area (TPSA) is 90.1 Å². The van der Waals surface area contributed by atoms with Crippen molar-refractivity contribution in [2.24, 2.45) is 5.92 Å². The average molecular weight is 492 g/mol. The summed E-state index contributed by atoms with van der Waals surface area (Å²) in [5.41, 5.74) is 3.42. The Morgan fingerprint density at radius 3 is 2.53 bits per heavy atom. The molecule has 190 valence electrons. The number of amides is 3. The van der Waals surface area contributed by atoms with Crippen LogP contribution in [0.1, 0.15) is 61.4 Å². The van der Waals surface area contributed by atoms with Gasteiger partial charge in [0.25, 0.3) is 0 Å². The van der Waals surface area contributed by atoms with Gasteiger partial charge in [-0.15, -0.1) is 0 Å². The molecule has 2 fully saturated rings. The first-order valence-corrected chi connectivity index (χ1v) is 13.0. The van der Waals surface area contributed by atoms with Crippen LogP contribution in [-0.2, 0) is 11.3 Å². The molecule has 3 aromatic rings. The minimum atomic E-state index is -0.260. The molecule has 1 aliphatic heterocycles. The van der Waals surface area contributed by atoms with Crippen molar-refractivity contribution in [1.82, 2.24) is 25.5 Å². The van der Waals surface area contributed by atoms with Crippen LogP contribution in [0.2, 0.25) is 0 Å². The Kier molecular flexibility index (Phi) is 7.20. The molecule has 2 aromatic carbocycles. The molecule has 2 heterocycles. The second-order valence-corrected chi connectivity index (χ2v) is 10.2. The lowest BCUT2D eigenvalue weighted by Gasteiger charge is -2.34. The lowest BCUT2D eigenvalue weighted by Crippen LogP contribution is -2.50. The summed E-state index contributed by atoms with van der Waals surface area (Å²) in [6, 6.07) is 13.3. The Morgan fingerprint density at radius 1 is 1.06 bits per heavy atom. The number of hydrogen-bond acceptors (Lipinski definition) is 3. The van der Waals surface area contributed by atoms with Crippen LogP contribution in [0, 0.1) is 18.7 Å². The largest absolute Gasteiger partial charge is 0.352 e. The number of imidazole rings is 1. The van der Waals surface area contributed by atoms with Gasteiger partial charge in [-0.3, -0.25) is 4.79 Å². The maximum atomic E-state index is 13.7. The third kappa shape index (κ3) is 5.53. The normalized spacial score (nSPS) is 20.9. The van der Waals surface area contributed by atoms with Crippen LogP contribution in [0.5, 0.6) is 0 Å². The fourth-order valence-electron chi connectivity index (χ4n) is 5.37. The maximum absolute atomic E-state index is 13.7. The number of fused-ring (bicyclic) bond motifs is 1. The van der Waals surface area contributed by atoms with Crippen LogP contribution in [-0.4, -0.2) is 45.9 Å². The predicted molar refractivity (Wildman–Crippen MR) is 137 cm³/mol. The van der Waals surface area contributed by atoms with Crippen LogP contribution in [0.4, 0.5) is 9.18 Å². The summed E-state index contributed by atoms with van der Waals surface area (Å²) in [4.78, 5) is 35.5. The second-order valence-electron chi connectivity index (χ2n) is 10.2. The number of aromatic nitrogens is 2. The van der Waals surface area contributed by atoms with Gasteiger partial charge in [0.2, 0.25) is 5.91 Å². The van der Waals surface area contributed by atoms with E-state index in [-0.39, 0.29) is 29.7 Å². The van der Waals surface area contributed by atoms with Gasteiger partial charge in [0, 0.05) is 37.5 Å². The summed E-state index contributed by atoms with van der Waals surface area (Å²) < 4.78 is 13.7. The van der Waals surface area contributed by atoms with E-state index in [1.54, 1.807) is 13.0 Å². The number of aromatic amines is 1. The molecule has 0 spiro atoms. The third-order valence-corrected chi connectivity index (χ3v) is 7.71. The van der Waals surface area contributed by atoms with Crippen molar-refractivity contribution in [3.63, 3.8) is 0 Å². The van der Waals surface area contributed by atoms with Crippen LogP contribution >= 0.6 is 0 Å². The lowest BCUT2D eigenvalue weighted by atomic mass is 9.85. The van der Waals surface area contributed by atoms with Gasteiger partial charge in [-0.1, -0.05) is 24.3 Å². The number of halogens is 1. The minimum absolute atomic E-state index is 0.0278. The smallest absolute Gasteiger partial charge is 0.317 e. The molecule has 5 rings (SSSR count). The standard InChI is InChI=1S/C28H34FN5O2/c1-18-6-7-19(16-23(18)29)17-30-27(35)21-12-14-34(15-13-21)28(36)31-22-10-8-20(9-11-22)26-32-24-4-2-3-5-25(24)33-26/h2-7,16,20-22H,8-15,17H2,1H3,(H,30,35)(H,31,36)(H,32,33). The zero-order valence-electron chi connectivity index (χ0n) is 20.7. The number of carbonyl (C=O) groups excluding carboxylic acids is 2. The van der Waals surface area contributed by atoms with Crippen molar-refractivity contribution < 1.29 is 14.0 Å². The summed E-state index contributed by atoms with van der Waals surface area (Å²) >= 11 is 0. The number of nitrogens with one attached hydrogen (secondary N) is 3. The molecule has 3 amide bonds. The van der Waals surface area contributed by atoms with Crippen LogP contribution in [0.3, 0.4) is 0 Å². The molecule has 0 unspecified atom stereocenters. The number of H-pyrrole nitrogens is 1. The van der Waals surface area contributed by atoms with Crippen LogP contribution in [0.15, 0.2) is 42.5 Å². The molecule has 0 radical (unpaired) electrons. The molecular weight excluding hydrogens is 457 g/mol. The number of likely N-dealkylation sites (tertiary alicyclic amines) is 1. The van der Waals surface area contributed by atoms with Crippen molar-refractivity contribution in [1.29, 1.82) is 0 Å². The first-order valence-electron chi connectivity index (χ1n) is 13.0. The van der Waals surface area contributed by atoms with E-state index in [9.17, 15) is 14.0 Å². The fourth-order valence-corrected chi connectivity index (χ4v) is 5.37. The zero-order valence-corrected chi connectivity index (χ0v) is 20.7. The van der Waals surface area contributed by atoms with Crippen molar-refractivity contribution in [2.75, 3.05) is 13.1 Å². The Morgan fingerprint density at radius 2 is 1.81 bits per heavy atom. The first kappa shape index (κ1) is 24.3. The Labute approximate surface area is 210 Å². The number of piperidine rings is 1. The number of para-hydroxylation sites is 2. The van der Waals surface area contributed by atoms with Gasteiger partial charge in [-0.2, -0.15) is 0 Å². The summed E-state index contributed by atoms with van der Waals surface area (Å²) in [5.74, 6) is 1.04. The van der Waals surface area contributed by atoms with Gasteiger partial charge < -0.3 is 20.5 Å². The molecule has 1 saturated carbocycles. The molecular formula is C28H34FN5O2. The molecule has 2 aliphatic rings. The molecule has 7 nitrogen and oxygen atoms in total. The molecule has 1 aliphatic carbocycles. The van der Waals surface area contributed by atoms with E-state index in [2.05, 4.69) is 21.7 Å². The van der Waals surface area contributed by atoms with Crippen LogP contribution < -0.4 is 10.6 Å². The highest BCUT2D eigenvalue weighted by Crippen LogP contribution is 2.32. The van der Waals surface area contributed by atoms with E-state index in [0.717, 1.165) is 48.1 Å². The maximum Gasteiger partial charge on any atom is 0.317 e. The number of benzene rings is 2. The second kappa shape index (κ2) is 10.7. The van der Waals surface area contributed by atoms with E-state index in [1.807, 2.05) is 29.2 Å². The third-order valence-electron chi connectivity index (χ3n) is 7.71. The Hall–Kier alpha value is -3.42. The van der Waals surface area contributed by atoms with Crippen molar-refractivity contribution >= 4 is 23.0 Å². The van der Waals surface area contributed by atoms with Gasteiger partial charge in [0.1, 0.15) is 11.6 Å². The summed E-state index contributed by atoms with van der Waals surface area (Å²) in [5, 5.41) is 6.13. The Balaban J connectivity index is 1.03. The summed E-state index contributed by atoms with van der Waals surface area (Å²) in [6.07, 6.45) is 5.15. The molecule has 8 heteroatoms. The zero-order chi connectivity index (χ0) is 25.1. The summed E-state index contributed by atoms with van der Waals surface area (Å²) in [6.45, 7) is 3.16.